The van der Waals surface area contributed by atoms with Crippen LogP contribution in [0.15, 0.2) is 54.6 Å². The second kappa shape index (κ2) is 5.89. The zero-order chi connectivity index (χ0) is 15.5. The number of para-hydroxylation sites is 1. The number of imide groups is 1. The van der Waals surface area contributed by atoms with Crippen molar-refractivity contribution in [2.75, 3.05) is 23.7 Å². The summed E-state index contributed by atoms with van der Waals surface area (Å²) < 4.78 is 0. The third-order valence-corrected chi connectivity index (χ3v) is 3.70. The van der Waals surface area contributed by atoms with Crippen LogP contribution in [0.25, 0.3) is 0 Å². The van der Waals surface area contributed by atoms with Crippen LogP contribution >= 0.6 is 0 Å². The standard InChI is InChI=1S/C17H17N3O2/c18-14-8-6-13(7-9-14)10-20-16(21)11-19(12-17(20)22)15-4-2-1-3-5-15/h1-9H,10-12,18H2. The first-order chi connectivity index (χ1) is 10.6. The van der Waals surface area contributed by atoms with E-state index in [1.807, 2.05) is 42.5 Å². The SMILES string of the molecule is Nc1ccc(CN2C(=O)CN(c3ccccc3)CC2=O)cc1. The molecule has 22 heavy (non-hydrogen) atoms. The van der Waals surface area contributed by atoms with Gasteiger partial charge in [0, 0.05) is 11.4 Å². The van der Waals surface area contributed by atoms with Crippen LogP contribution < -0.4 is 10.6 Å². The molecule has 0 aliphatic carbocycles. The molecule has 5 nitrogen and oxygen atoms in total. The van der Waals surface area contributed by atoms with E-state index >= 15 is 0 Å². The first-order valence-electron chi connectivity index (χ1n) is 7.11. The normalized spacial score (nSPS) is 15.3. The van der Waals surface area contributed by atoms with Crippen molar-refractivity contribution < 1.29 is 9.59 Å². The Morgan fingerprint density at radius 1 is 0.864 bits per heavy atom. The van der Waals surface area contributed by atoms with Crippen LogP contribution in [0.3, 0.4) is 0 Å². The molecule has 0 saturated carbocycles. The largest absolute Gasteiger partial charge is 0.399 e. The molecule has 0 bridgehead atoms. The molecule has 0 unspecified atom stereocenters. The summed E-state index contributed by atoms with van der Waals surface area (Å²) in [5.74, 6) is -0.367. The van der Waals surface area contributed by atoms with Crippen molar-refractivity contribution in [2.24, 2.45) is 0 Å². The highest BCUT2D eigenvalue weighted by Crippen LogP contribution is 2.18. The quantitative estimate of drug-likeness (QED) is 0.690. The Labute approximate surface area is 128 Å². The lowest BCUT2D eigenvalue weighted by atomic mass is 10.1. The minimum Gasteiger partial charge on any atom is -0.399 e. The van der Waals surface area contributed by atoms with E-state index in [1.54, 1.807) is 17.0 Å². The summed E-state index contributed by atoms with van der Waals surface area (Å²) in [4.78, 5) is 27.7. The molecule has 3 rings (SSSR count). The highest BCUT2D eigenvalue weighted by molar-refractivity contribution is 6.02. The lowest BCUT2D eigenvalue weighted by Gasteiger charge is -2.34. The number of piperazine rings is 1. The number of hydrogen-bond acceptors (Lipinski definition) is 4. The highest BCUT2D eigenvalue weighted by atomic mass is 16.2. The van der Waals surface area contributed by atoms with Gasteiger partial charge in [0.1, 0.15) is 0 Å². The van der Waals surface area contributed by atoms with E-state index in [0.717, 1.165) is 11.3 Å². The molecular formula is C17H17N3O2. The summed E-state index contributed by atoms with van der Waals surface area (Å²) in [5, 5.41) is 0. The Bertz CT molecular complexity index is 665. The van der Waals surface area contributed by atoms with Gasteiger partial charge in [-0.3, -0.25) is 14.5 Å². The van der Waals surface area contributed by atoms with Crippen molar-refractivity contribution in [3.05, 3.63) is 60.2 Å². The predicted octanol–water partition coefficient (Wildman–Crippen LogP) is 1.64. The highest BCUT2D eigenvalue weighted by Gasteiger charge is 2.30. The summed E-state index contributed by atoms with van der Waals surface area (Å²) in [6.07, 6.45) is 0. The number of benzene rings is 2. The second-order valence-corrected chi connectivity index (χ2v) is 5.31. The number of anilines is 2. The molecular weight excluding hydrogens is 278 g/mol. The first kappa shape index (κ1) is 14.1. The van der Waals surface area contributed by atoms with Crippen LogP contribution in [0.5, 0.6) is 0 Å². The molecule has 2 N–H and O–H groups in total. The fourth-order valence-electron chi connectivity index (χ4n) is 2.50. The van der Waals surface area contributed by atoms with Crippen LogP contribution in [0.2, 0.25) is 0 Å². The Morgan fingerprint density at radius 2 is 1.45 bits per heavy atom. The zero-order valence-corrected chi connectivity index (χ0v) is 12.1. The molecule has 0 spiro atoms. The fourth-order valence-corrected chi connectivity index (χ4v) is 2.50. The van der Waals surface area contributed by atoms with Crippen molar-refractivity contribution in [3.8, 4) is 0 Å². The molecule has 0 aromatic heterocycles. The van der Waals surface area contributed by atoms with Gasteiger partial charge in [-0.05, 0) is 29.8 Å². The molecule has 5 heteroatoms. The van der Waals surface area contributed by atoms with Gasteiger partial charge >= 0.3 is 0 Å². The van der Waals surface area contributed by atoms with Crippen molar-refractivity contribution in [2.45, 2.75) is 6.54 Å². The number of nitrogens with two attached hydrogens (primary N) is 1. The molecule has 1 saturated heterocycles. The van der Waals surface area contributed by atoms with Gasteiger partial charge < -0.3 is 10.6 Å². The number of carbonyl (C=O) groups is 2. The van der Waals surface area contributed by atoms with E-state index in [9.17, 15) is 9.59 Å². The van der Waals surface area contributed by atoms with Gasteiger partial charge in [-0.15, -0.1) is 0 Å². The van der Waals surface area contributed by atoms with Crippen LogP contribution in [-0.4, -0.2) is 29.8 Å². The number of amides is 2. The Balaban J connectivity index is 1.72. The average molecular weight is 295 g/mol. The van der Waals surface area contributed by atoms with Gasteiger partial charge in [0.15, 0.2) is 0 Å². The van der Waals surface area contributed by atoms with Gasteiger partial charge in [0.2, 0.25) is 11.8 Å². The molecule has 2 amide bonds. The number of nitrogens with zero attached hydrogens (tertiary/aromatic N) is 2. The van der Waals surface area contributed by atoms with Crippen molar-refractivity contribution in [1.82, 2.24) is 4.90 Å². The first-order valence-corrected chi connectivity index (χ1v) is 7.11. The van der Waals surface area contributed by atoms with E-state index in [1.165, 1.54) is 4.90 Å². The minimum atomic E-state index is -0.183. The van der Waals surface area contributed by atoms with E-state index in [4.69, 9.17) is 5.73 Å². The summed E-state index contributed by atoms with van der Waals surface area (Å²) in [5.41, 5.74) is 8.08. The van der Waals surface area contributed by atoms with Gasteiger partial charge in [0.05, 0.1) is 19.6 Å². The molecule has 0 radical (unpaired) electrons. The number of rotatable bonds is 3. The summed E-state index contributed by atoms with van der Waals surface area (Å²) in [7, 11) is 0. The molecule has 112 valence electrons. The van der Waals surface area contributed by atoms with E-state index in [0.29, 0.717) is 12.2 Å². The summed E-state index contributed by atoms with van der Waals surface area (Å²) in [6, 6.07) is 16.7. The lowest BCUT2D eigenvalue weighted by molar-refractivity contribution is -0.146. The smallest absolute Gasteiger partial charge is 0.249 e. The third-order valence-electron chi connectivity index (χ3n) is 3.70. The van der Waals surface area contributed by atoms with Crippen LogP contribution in [-0.2, 0) is 16.1 Å². The molecule has 0 atom stereocenters. The maximum absolute atomic E-state index is 12.3. The van der Waals surface area contributed by atoms with Crippen LogP contribution in [0.4, 0.5) is 11.4 Å². The average Bonchev–Trinajstić information content (AvgIpc) is 2.53. The maximum Gasteiger partial charge on any atom is 0.249 e. The molecule has 1 heterocycles. The topological polar surface area (TPSA) is 66.6 Å². The van der Waals surface area contributed by atoms with Gasteiger partial charge in [-0.25, -0.2) is 0 Å². The molecule has 2 aromatic carbocycles. The third kappa shape index (κ3) is 2.93. The van der Waals surface area contributed by atoms with E-state index in [-0.39, 0.29) is 24.9 Å². The van der Waals surface area contributed by atoms with Crippen molar-refractivity contribution in [1.29, 1.82) is 0 Å². The zero-order valence-electron chi connectivity index (χ0n) is 12.1. The molecule has 1 aliphatic rings. The number of hydrogen-bond donors (Lipinski definition) is 1. The molecule has 1 aliphatic heterocycles. The van der Waals surface area contributed by atoms with Gasteiger partial charge in [-0.1, -0.05) is 30.3 Å². The van der Waals surface area contributed by atoms with Crippen molar-refractivity contribution >= 4 is 23.2 Å². The molecule has 2 aromatic rings. The summed E-state index contributed by atoms with van der Waals surface area (Å²) in [6.45, 7) is 0.718. The van der Waals surface area contributed by atoms with Gasteiger partial charge in [0.25, 0.3) is 0 Å². The lowest BCUT2D eigenvalue weighted by Crippen LogP contribution is -2.53. The van der Waals surface area contributed by atoms with E-state index < -0.39 is 0 Å². The molecule has 1 fully saturated rings. The van der Waals surface area contributed by atoms with Crippen LogP contribution in [0.1, 0.15) is 5.56 Å². The fraction of sp³-hybridized carbons (Fsp3) is 0.176. The predicted molar refractivity (Wildman–Crippen MR) is 85.1 cm³/mol. The van der Waals surface area contributed by atoms with Crippen LogP contribution in [0, 0.1) is 0 Å². The van der Waals surface area contributed by atoms with Crippen molar-refractivity contribution in [3.63, 3.8) is 0 Å². The van der Waals surface area contributed by atoms with Gasteiger partial charge in [-0.2, -0.15) is 0 Å². The minimum absolute atomic E-state index is 0.183. The Kier molecular flexibility index (Phi) is 3.78. The number of nitrogen functional groups attached to an aromatic ring is 1. The Hall–Kier alpha value is -2.82. The number of carbonyl (C=O) groups excluding carboxylic acids is 2. The Morgan fingerprint density at radius 3 is 2.05 bits per heavy atom. The van der Waals surface area contributed by atoms with E-state index in [2.05, 4.69) is 0 Å². The monoisotopic (exact) mass is 295 g/mol. The summed E-state index contributed by atoms with van der Waals surface area (Å²) >= 11 is 0. The maximum atomic E-state index is 12.3. The second-order valence-electron chi connectivity index (χ2n) is 5.31.